The Hall–Kier alpha value is -2.70. The van der Waals surface area contributed by atoms with E-state index in [4.69, 9.17) is 5.11 Å². The number of para-hydroxylation sites is 1. The van der Waals surface area contributed by atoms with Crippen molar-refractivity contribution in [1.82, 2.24) is 19.9 Å². The minimum atomic E-state index is -1.15. The number of aromatic amines is 2. The highest BCUT2D eigenvalue weighted by atomic mass is 19.1. The fourth-order valence-electron chi connectivity index (χ4n) is 1.75. The summed E-state index contributed by atoms with van der Waals surface area (Å²) in [6.07, 6.45) is 1.25. The molecule has 0 saturated heterocycles. The van der Waals surface area contributed by atoms with Crippen molar-refractivity contribution < 1.29 is 14.3 Å². The molecule has 90 valence electrons. The van der Waals surface area contributed by atoms with Gasteiger partial charge >= 0.3 is 5.97 Å². The number of carbonyl (C=O) groups is 1. The zero-order chi connectivity index (χ0) is 12.7. The van der Waals surface area contributed by atoms with E-state index < -0.39 is 11.8 Å². The molecule has 0 bridgehead atoms. The van der Waals surface area contributed by atoms with E-state index in [2.05, 4.69) is 19.9 Å². The van der Waals surface area contributed by atoms with Crippen molar-refractivity contribution >= 4 is 17.0 Å². The van der Waals surface area contributed by atoms with Crippen LogP contribution < -0.4 is 0 Å². The first-order chi connectivity index (χ1) is 8.66. The second-order valence-electron chi connectivity index (χ2n) is 3.65. The predicted molar refractivity (Wildman–Crippen MR) is 60.6 cm³/mol. The lowest BCUT2D eigenvalue weighted by molar-refractivity contribution is 0.0692. The zero-order valence-corrected chi connectivity index (χ0v) is 8.94. The van der Waals surface area contributed by atoms with E-state index in [1.54, 1.807) is 12.1 Å². The van der Waals surface area contributed by atoms with Crippen LogP contribution >= 0.6 is 0 Å². The molecule has 0 aliphatic carbocycles. The number of fused-ring (bicyclic) bond motifs is 1. The number of nitrogens with zero attached hydrogens (tertiary/aromatic N) is 2. The van der Waals surface area contributed by atoms with Crippen LogP contribution in [0.2, 0.25) is 0 Å². The first kappa shape index (κ1) is 10.5. The number of aromatic nitrogens is 4. The molecule has 0 atom stereocenters. The van der Waals surface area contributed by atoms with Gasteiger partial charge in [-0.3, -0.25) is 0 Å². The Bertz CT molecular complexity index is 746. The van der Waals surface area contributed by atoms with Crippen molar-refractivity contribution in [2.75, 3.05) is 0 Å². The van der Waals surface area contributed by atoms with Gasteiger partial charge in [-0.25, -0.2) is 19.2 Å². The lowest BCUT2D eigenvalue weighted by atomic mass is 10.3. The third kappa shape index (κ3) is 1.45. The fraction of sp³-hybridized carbons (Fsp3) is 0. The van der Waals surface area contributed by atoms with Crippen molar-refractivity contribution in [2.24, 2.45) is 0 Å². The molecular weight excluding hydrogens is 239 g/mol. The van der Waals surface area contributed by atoms with Gasteiger partial charge in [-0.2, -0.15) is 0 Å². The summed E-state index contributed by atoms with van der Waals surface area (Å²) in [5, 5.41) is 8.96. The molecule has 0 spiro atoms. The van der Waals surface area contributed by atoms with Crippen molar-refractivity contribution in [1.29, 1.82) is 0 Å². The molecule has 6 nitrogen and oxygen atoms in total. The van der Waals surface area contributed by atoms with E-state index in [9.17, 15) is 9.18 Å². The van der Waals surface area contributed by atoms with Crippen molar-refractivity contribution in [3.8, 4) is 11.5 Å². The molecule has 3 aromatic rings. The smallest absolute Gasteiger partial charge is 0.354 e. The van der Waals surface area contributed by atoms with Crippen LogP contribution in [0.1, 0.15) is 10.5 Å². The predicted octanol–water partition coefficient (Wildman–Crippen LogP) is 1.79. The van der Waals surface area contributed by atoms with E-state index >= 15 is 0 Å². The van der Waals surface area contributed by atoms with Gasteiger partial charge < -0.3 is 15.1 Å². The van der Waals surface area contributed by atoms with Gasteiger partial charge in [-0.1, -0.05) is 6.07 Å². The van der Waals surface area contributed by atoms with Crippen LogP contribution in [0.5, 0.6) is 0 Å². The maximum atomic E-state index is 13.5. The maximum absolute atomic E-state index is 13.5. The number of carboxylic acid groups (broad SMARTS) is 1. The van der Waals surface area contributed by atoms with Gasteiger partial charge in [0.2, 0.25) is 0 Å². The average molecular weight is 246 g/mol. The standard InChI is InChI=1S/C11H7FN4O2/c12-5-2-1-3-6-7(5)16-10(15-6)8-9(11(17)18)14-4-13-8/h1-4H,(H,13,14)(H,15,16)(H,17,18). The minimum Gasteiger partial charge on any atom is -0.477 e. The normalized spacial score (nSPS) is 10.9. The van der Waals surface area contributed by atoms with Crippen LogP contribution in [0.3, 0.4) is 0 Å². The molecule has 18 heavy (non-hydrogen) atoms. The molecule has 0 saturated carbocycles. The van der Waals surface area contributed by atoms with E-state index in [1.165, 1.54) is 12.4 Å². The highest BCUT2D eigenvalue weighted by molar-refractivity contribution is 5.92. The zero-order valence-electron chi connectivity index (χ0n) is 8.94. The summed E-state index contributed by atoms with van der Waals surface area (Å²) >= 11 is 0. The Kier molecular flexibility index (Phi) is 2.12. The highest BCUT2D eigenvalue weighted by Gasteiger charge is 2.18. The van der Waals surface area contributed by atoms with E-state index in [0.717, 1.165) is 0 Å². The number of nitrogens with one attached hydrogen (secondary N) is 2. The van der Waals surface area contributed by atoms with Crippen LogP contribution in [0.4, 0.5) is 4.39 Å². The highest BCUT2D eigenvalue weighted by Crippen LogP contribution is 2.22. The lowest BCUT2D eigenvalue weighted by Crippen LogP contribution is -1.99. The fourth-order valence-corrected chi connectivity index (χ4v) is 1.75. The van der Waals surface area contributed by atoms with Crippen LogP contribution in [0, 0.1) is 5.82 Å². The van der Waals surface area contributed by atoms with Crippen molar-refractivity contribution in [3.63, 3.8) is 0 Å². The molecule has 1 aromatic carbocycles. The Balaban J connectivity index is 2.23. The Morgan fingerprint density at radius 1 is 1.39 bits per heavy atom. The molecule has 0 fully saturated rings. The summed E-state index contributed by atoms with van der Waals surface area (Å²) in [5.74, 6) is -1.40. The Labute approximate surface area is 99.5 Å². The third-order valence-corrected chi connectivity index (χ3v) is 2.54. The van der Waals surface area contributed by atoms with Crippen LogP contribution in [0.25, 0.3) is 22.6 Å². The van der Waals surface area contributed by atoms with Gasteiger partial charge in [0.25, 0.3) is 0 Å². The van der Waals surface area contributed by atoms with Crippen LogP contribution in [-0.2, 0) is 0 Å². The number of H-pyrrole nitrogens is 2. The third-order valence-electron chi connectivity index (χ3n) is 2.54. The van der Waals surface area contributed by atoms with Crippen molar-refractivity contribution in [2.45, 2.75) is 0 Å². The molecule has 0 aliphatic rings. The van der Waals surface area contributed by atoms with Gasteiger partial charge in [0.15, 0.2) is 17.3 Å². The second-order valence-corrected chi connectivity index (χ2v) is 3.65. The Morgan fingerprint density at radius 2 is 2.22 bits per heavy atom. The van der Waals surface area contributed by atoms with Crippen LogP contribution in [0.15, 0.2) is 24.5 Å². The average Bonchev–Trinajstić information content (AvgIpc) is 2.95. The van der Waals surface area contributed by atoms with Gasteiger partial charge in [-0.15, -0.1) is 0 Å². The quantitative estimate of drug-likeness (QED) is 0.642. The molecule has 2 aromatic heterocycles. The van der Waals surface area contributed by atoms with E-state index in [0.29, 0.717) is 5.52 Å². The first-order valence-corrected chi connectivity index (χ1v) is 5.08. The van der Waals surface area contributed by atoms with Gasteiger partial charge in [0.05, 0.1) is 11.8 Å². The number of imidazole rings is 2. The second kappa shape index (κ2) is 3.66. The molecule has 0 aliphatic heterocycles. The molecule has 7 heteroatoms. The maximum Gasteiger partial charge on any atom is 0.354 e. The Morgan fingerprint density at radius 3 is 2.94 bits per heavy atom. The molecular formula is C11H7FN4O2. The summed E-state index contributed by atoms with van der Waals surface area (Å²) < 4.78 is 13.5. The molecule has 0 amide bonds. The molecule has 3 N–H and O–H groups in total. The molecule has 0 radical (unpaired) electrons. The lowest BCUT2D eigenvalue weighted by Gasteiger charge is -1.92. The topological polar surface area (TPSA) is 94.7 Å². The summed E-state index contributed by atoms with van der Waals surface area (Å²) in [7, 11) is 0. The number of hydrogen-bond donors (Lipinski definition) is 3. The van der Waals surface area contributed by atoms with E-state index in [-0.39, 0.29) is 22.7 Å². The summed E-state index contributed by atoms with van der Waals surface area (Å²) in [6.45, 7) is 0. The largest absolute Gasteiger partial charge is 0.477 e. The number of hydrogen-bond acceptors (Lipinski definition) is 3. The van der Waals surface area contributed by atoms with Crippen molar-refractivity contribution in [3.05, 3.63) is 36.0 Å². The number of aromatic carboxylic acids is 1. The van der Waals surface area contributed by atoms with Crippen LogP contribution in [-0.4, -0.2) is 31.0 Å². The molecule has 3 rings (SSSR count). The number of benzene rings is 1. The van der Waals surface area contributed by atoms with Gasteiger partial charge in [0, 0.05) is 0 Å². The number of rotatable bonds is 2. The molecule has 0 unspecified atom stereocenters. The summed E-state index contributed by atoms with van der Waals surface area (Å²) in [6, 6.07) is 4.49. The summed E-state index contributed by atoms with van der Waals surface area (Å²) in [5.41, 5.74) is 0.712. The SMILES string of the molecule is O=C(O)c1[nH]cnc1-c1nc2c(F)cccc2[nH]1. The number of carboxylic acids is 1. The number of halogens is 1. The summed E-state index contributed by atoms with van der Waals surface area (Å²) in [4.78, 5) is 24.2. The monoisotopic (exact) mass is 246 g/mol. The van der Waals surface area contributed by atoms with Gasteiger partial charge in [0.1, 0.15) is 11.2 Å². The first-order valence-electron chi connectivity index (χ1n) is 5.08. The minimum absolute atomic E-state index is 0.0885. The molecule has 2 heterocycles. The van der Waals surface area contributed by atoms with Gasteiger partial charge in [-0.05, 0) is 12.1 Å². The van der Waals surface area contributed by atoms with E-state index in [1.807, 2.05) is 0 Å².